The van der Waals surface area contributed by atoms with Crippen molar-refractivity contribution in [1.29, 1.82) is 0 Å². The minimum absolute atomic E-state index is 0.256. The molecule has 0 atom stereocenters. The van der Waals surface area contributed by atoms with Crippen molar-refractivity contribution in [3.63, 3.8) is 0 Å². The fourth-order valence-electron chi connectivity index (χ4n) is 1.53. The molecule has 0 saturated heterocycles. The van der Waals surface area contributed by atoms with Crippen molar-refractivity contribution in [3.05, 3.63) is 20.8 Å². The molecule has 4 heteroatoms. The highest BCUT2D eigenvalue weighted by Gasteiger charge is 2.13. The van der Waals surface area contributed by atoms with E-state index in [2.05, 4.69) is 65.4 Å². The first-order valence-corrected chi connectivity index (χ1v) is 7.76. The van der Waals surface area contributed by atoms with Crippen LogP contribution in [0.1, 0.15) is 32.8 Å². The SMILES string of the molecule is CCC(C)(C)NCCN(C)Cc1csc(Br)c1. The van der Waals surface area contributed by atoms with Crippen LogP contribution in [-0.4, -0.2) is 30.6 Å². The summed E-state index contributed by atoms with van der Waals surface area (Å²) < 4.78 is 1.21. The van der Waals surface area contributed by atoms with Crippen LogP contribution in [0, 0.1) is 0 Å². The molecule has 17 heavy (non-hydrogen) atoms. The van der Waals surface area contributed by atoms with Gasteiger partial charge in [0.1, 0.15) is 0 Å². The molecule has 98 valence electrons. The van der Waals surface area contributed by atoms with E-state index in [0.717, 1.165) is 26.1 Å². The van der Waals surface area contributed by atoms with Crippen molar-refractivity contribution >= 4 is 27.3 Å². The predicted molar refractivity (Wildman–Crippen MR) is 80.7 cm³/mol. The summed E-state index contributed by atoms with van der Waals surface area (Å²) in [5.74, 6) is 0. The third-order valence-corrected chi connectivity index (χ3v) is 4.61. The second-order valence-corrected chi connectivity index (χ2v) is 7.45. The summed E-state index contributed by atoms with van der Waals surface area (Å²) in [7, 11) is 2.17. The summed E-state index contributed by atoms with van der Waals surface area (Å²) in [5, 5.41) is 5.79. The van der Waals surface area contributed by atoms with Crippen molar-refractivity contribution < 1.29 is 0 Å². The molecule has 0 bridgehead atoms. The third-order valence-electron chi connectivity index (χ3n) is 3.06. The van der Waals surface area contributed by atoms with Crippen molar-refractivity contribution in [1.82, 2.24) is 10.2 Å². The largest absolute Gasteiger partial charge is 0.311 e. The summed E-state index contributed by atoms with van der Waals surface area (Å²) >= 11 is 5.25. The fourth-order valence-corrected chi connectivity index (χ4v) is 2.73. The van der Waals surface area contributed by atoms with Crippen LogP contribution in [-0.2, 0) is 6.54 Å². The lowest BCUT2D eigenvalue weighted by atomic mass is 10.0. The van der Waals surface area contributed by atoms with Crippen LogP contribution in [0.15, 0.2) is 15.2 Å². The lowest BCUT2D eigenvalue weighted by Gasteiger charge is -2.26. The van der Waals surface area contributed by atoms with Crippen LogP contribution in [0.4, 0.5) is 0 Å². The highest BCUT2D eigenvalue weighted by Crippen LogP contribution is 2.21. The molecular weight excluding hydrogens is 296 g/mol. The van der Waals surface area contributed by atoms with Gasteiger partial charge in [0, 0.05) is 25.2 Å². The van der Waals surface area contributed by atoms with Crippen molar-refractivity contribution in [2.75, 3.05) is 20.1 Å². The number of halogens is 1. The van der Waals surface area contributed by atoms with Gasteiger partial charge in [-0.2, -0.15) is 0 Å². The zero-order valence-corrected chi connectivity index (χ0v) is 13.6. The minimum atomic E-state index is 0.256. The van der Waals surface area contributed by atoms with Crippen LogP contribution < -0.4 is 5.32 Å². The van der Waals surface area contributed by atoms with Crippen LogP contribution in [0.5, 0.6) is 0 Å². The van der Waals surface area contributed by atoms with E-state index in [0.29, 0.717) is 0 Å². The number of rotatable bonds is 7. The lowest BCUT2D eigenvalue weighted by molar-refractivity contribution is 0.293. The van der Waals surface area contributed by atoms with E-state index in [1.165, 1.54) is 9.35 Å². The smallest absolute Gasteiger partial charge is 0.0701 e. The molecule has 0 radical (unpaired) electrons. The molecule has 0 fully saturated rings. The summed E-state index contributed by atoms with van der Waals surface area (Å²) in [4.78, 5) is 2.35. The van der Waals surface area contributed by atoms with Crippen molar-refractivity contribution in [2.24, 2.45) is 0 Å². The Morgan fingerprint density at radius 1 is 1.47 bits per heavy atom. The monoisotopic (exact) mass is 318 g/mol. The van der Waals surface area contributed by atoms with E-state index in [1.54, 1.807) is 11.3 Å². The Morgan fingerprint density at radius 3 is 2.71 bits per heavy atom. The number of nitrogens with one attached hydrogen (secondary N) is 1. The summed E-state index contributed by atoms with van der Waals surface area (Å²) in [5.41, 5.74) is 1.64. The molecule has 0 amide bonds. The Kier molecular flexibility index (Phi) is 6.13. The molecule has 1 heterocycles. The quantitative estimate of drug-likeness (QED) is 0.824. The molecule has 0 spiro atoms. The van der Waals surface area contributed by atoms with E-state index in [1.807, 2.05) is 0 Å². The fraction of sp³-hybridized carbons (Fsp3) is 0.692. The number of thiophene rings is 1. The van der Waals surface area contributed by atoms with Gasteiger partial charge in [-0.05, 0) is 60.3 Å². The van der Waals surface area contributed by atoms with Crippen LogP contribution >= 0.6 is 27.3 Å². The first kappa shape index (κ1) is 15.2. The topological polar surface area (TPSA) is 15.3 Å². The lowest BCUT2D eigenvalue weighted by Crippen LogP contribution is -2.42. The average molecular weight is 319 g/mol. The van der Waals surface area contributed by atoms with Gasteiger partial charge in [-0.25, -0.2) is 0 Å². The Morgan fingerprint density at radius 2 is 2.18 bits per heavy atom. The normalized spacial score (nSPS) is 12.4. The van der Waals surface area contributed by atoms with E-state index in [4.69, 9.17) is 0 Å². The number of likely N-dealkylation sites (N-methyl/N-ethyl adjacent to an activating group) is 1. The third kappa shape index (κ3) is 6.00. The molecule has 1 N–H and O–H groups in total. The van der Waals surface area contributed by atoms with Gasteiger partial charge in [-0.3, -0.25) is 0 Å². The molecule has 2 nitrogen and oxygen atoms in total. The second-order valence-electron chi connectivity index (χ2n) is 5.16. The van der Waals surface area contributed by atoms with E-state index < -0.39 is 0 Å². The predicted octanol–water partition coefficient (Wildman–Crippen LogP) is 3.72. The highest BCUT2D eigenvalue weighted by molar-refractivity contribution is 9.11. The molecule has 1 aromatic heterocycles. The minimum Gasteiger partial charge on any atom is -0.311 e. The number of hydrogen-bond acceptors (Lipinski definition) is 3. The molecule has 0 aliphatic rings. The summed E-state index contributed by atoms with van der Waals surface area (Å²) in [6, 6.07) is 2.20. The van der Waals surface area contributed by atoms with Gasteiger partial charge < -0.3 is 10.2 Å². The zero-order valence-electron chi connectivity index (χ0n) is 11.2. The maximum atomic E-state index is 3.58. The number of hydrogen-bond donors (Lipinski definition) is 1. The van der Waals surface area contributed by atoms with Gasteiger partial charge in [0.15, 0.2) is 0 Å². The molecule has 0 aromatic carbocycles. The summed E-state index contributed by atoms with van der Waals surface area (Å²) in [6.07, 6.45) is 1.16. The first-order chi connectivity index (χ1) is 7.93. The van der Waals surface area contributed by atoms with Crippen LogP contribution in [0.2, 0.25) is 0 Å². The highest BCUT2D eigenvalue weighted by atomic mass is 79.9. The standard InChI is InChI=1S/C13H23BrN2S/c1-5-13(2,3)15-6-7-16(4)9-11-8-12(14)17-10-11/h8,10,15H,5-7,9H2,1-4H3. The Labute approximate surface area is 118 Å². The Balaban J connectivity index is 2.24. The molecule has 0 saturated carbocycles. The van der Waals surface area contributed by atoms with Crippen molar-refractivity contribution in [2.45, 2.75) is 39.3 Å². The Bertz CT molecular complexity index is 336. The van der Waals surface area contributed by atoms with Gasteiger partial charge in [-0.15, -0.1) is 11.3 Å². The van der Waals surface area contributed by atoms with Crippen LogP contribution in [0.3, 0.4) is 0 Å². The maximum absolute atomic E-state index is 3.58. The maximum Gasteiger partial charge on any atom is 0.0701 e. The molecule has 1 aromatic rings. The van der Waals surface area contributed by atoms with Gasteiger partial charge in [0.25, 0.3) is 0 Å². The molecule has 0 aliphatic heterocycles. The molecular formula is C13H23BrN2S. The second kappa shape index (κ2) is 6.88. The van der Waals surface area contributed by atoms with Crippen LogP contribution in [0.25, 0.3) is 0 Å². The number of nitrogens with zero attached hydrogens (tertiary/aromatic N) is 1. The van der Waals surface area contributed by atoms with E-state index in [-0.39, 0.29) is 5.54 Å². The Hall–Kier alpha value is 0.100. The van der Waals surface area contributed by atoms with E-state index >= 15 is 0 Å². The van der Waals surface area contributed by atoms with Crippen molar-refractivity contribution in [3.8, 4) is 0 Å². The summed E-state index contributed by atoms with van der Waals surface area (Å²) in [6.45, 7) is 9.88. The molecule has 0 aliphatic carbocycles. The molecule has 0 unspecified atom stereocenters. The van der Waals surface area contributed by atoms with Gasteiger partial charge >= 0.3 is 0 Å². The van der Waals surface area contributed by atoms with Gasteiger partial charge in [0.2, 0.25) is 0 Å². The van der Waals surface area contributed by atoms with Gasteiger partial charge in [-0.1, -0.05) is 6.92 Å². The molecule has 1 rings (SSSR count). The average Bonchev–Trinajstić information content (AvgIpc) is 2.63. The first-order valence-electron chi connectivity index (χ1n) is 6.09. The van der Waals surface area contributed by atoms with E-state index in [9.17, 15) is 0 Å². The van der Waals surface area contributed by atoms with Gasteiger partial charge in [0.05, 0.1) is 3.79 Å². The zero-order chi connectivity index (χ0) is 12.9.